The molecule has 4 nitrogen and oxygen atoms in total. The first-order chi connectivity index (χ1) is 8.78. The van der Waals surface area contributed by atoms with Crippen molar-refractivity contribution in [1.82, 2.24) is 10.2 Å². The Morgan fingerprint density at radius 2 is 2.11 bits per heavy atom. The smallest absolute Gasteiger partial charge is 0.221 e. The van der Waals surface area contributed by atoms with Crippen molar-refractivity contribution in [3.05, 3.63) is 35.9 Å². The molecule has 1 aliphatic heterocycles. The average Bonchev–Trinajstić information content (AvgIpc) is 2.78. The third-order valence-corrected chi connectivity index (χ3v) is 3.26. The molecule has 1 heterocycles. The van der Waals surface area contributed by atoms with Gasteiger partial charge < -0.3 is 11.1 Å². The number of rotatable bonds is 5. The molecule has 5 heteroatoms. The van der Waals surface area contributed by atoms with Crippen LogP contribution in [0.3, 0.4) is 0 Å². The largest absolute Gasteiger partial charge is 0.352 e. The minimum atomic E-state index is 0. The summed E-state index contributed by atoms with van der Waals surface area (Å²) in [4.78, 5) is 13.8. The second-order valence-corrected chi connectivity index (χ2v) is 4.81. The maximum atomic E-state index is 11.5. The van der Waals surface area contributed by atoms with Crippen LogP contribution in [0.15, 0.2) is 30.3 Å². The number of likely N-dealkylation sites (tertiary alicyclic amines) is 1. The summed E-state index contributed by atoms with van der Waals surface area (Å²) in [5, 5.41) is 3.03. The standard InChI is InChI=1S/C14H21N3O.ClH/c15-8-6-14(18)16-13-7-9-17(11-13)10-12-4-2-1-3-5-12;/h1-5,13H,6-11,15H2,(H,16,18);1H. The lowest BCUT2D eigenvalue weighted by molar-refractivity contribution is -0.121. The number of halogens is 1. The zero-order valence-electron chi connectivity index (χ0n) is 11.0. The average molecular weight is 284 g/mol. The van der Waals surface area contributed by atoms with Crippen LogP contribution in [0.4, 0.5) is 0 Å². The summed E-state index contributed by atoms with van der Waals surface area (Å²) in [6.45, 7) is 3.37. The highest BCUT2D eigenvalue weighted by Gasteiger charge is 2.23. The second kappa shape index (κ2) is 8.15. The summed E-state index contributed by atoms with van der Waals surface area (Å²) in [6.07, 6.45) is 1.46. The number of nitrogens with two attached hydrogens (primary N) is 1. The predicted octanol–water partition coefficient (Wildman–Crippen LogP) is 1.15. The summed E-state index contributed by atoms with van der Waals surface area (Å²) < 4.78 is 0. The molecule has 1 unspecified atom stereocenters. The van der Waals surface area contributed by atoms with Gasteiger partial charge in [0.05, 0.1) is 0 Å². The van der Waals surface area contributed by atoms with Crippen molar-refractivity contribution in [2.75, 3.05) is 19.6 Å². The van der Waals surface area contributed by atoms with Gasteiger partial charge in [0, 0.05) is 38.6 Å². The maximum Gasteiger partial charge on any atom is 0.221 e. The van der Waals surface area contributed by atoms with Gasteiger partial charge in [-0.2, -0.15) is 0 Å². The van der Waals surface area contributed by atoms with E-state index in [-0.39, 0.29) is 24.4 Å². The van der Waals surface area contributed by atoms with Crippen LogP contribution in [0.25, 0.3) is 0 Å². The van der Waals surface area contributed by atoms with Crippen LogP contribution in [0.1, 0.15) is 18.4 Å². The molecule has 1 aromatic rings. The highest BCUT2D eigenvalue weighted by Crippen LogP contribution is 2.13. The Labute approximate surface area is 120 Å². The fourth-order valence-corrected chi connectivity index (χ4v) is 2.37. The summed E-state index contributed by atoms with van der Waals surface area (Å²) >= 11 is 0. The van der Waals surface area contributed by atoms with E-state index in [0.717, 1.165) is 26.1 Å². The molecule has 3 N–H and O–H groups in total. The molecule has 19 heavy (non-hydrogen) atoms. The van der Waals surface area contributed by atoms with E-state index >= 15 is 0 Å². The summed E-state index contributed by atoms with van der Waals surface area (Å²) in [5.41, 5.74) is 6.69. The zero-order valence-corrected chi connectivity index (χ0v) is 11.9. The van der Waals surface area contributed by atoms with Crippen molar-refractivity contribution in [3.8, 4) is 0 Å². The minimum Gasteiger partial charge on any atom is -0.352 e. The Balaban J connectivity index is 0.00000180. The number of nitrogens with zero attached hydrogens (tertiary/aromatic N) is 1. The van der Waals surface area contributed by atoms with Crippen LogP contribution in [0.5, 0.6) is 0 Å². The highest BCUT2D eigenvalue weighted by atomic mass is 35.5. The SMILES string of the molecule is Cl.NCCC(=O)NC1CCN(Cc2ccccc2)C1. The van der Waals surface area contributed by atoms with Crippen molar-refractivity contribution in [1.29, 1.82) is 0 Å². The first kappa shape index (κ1) is 16.0. The van der Waals surface area contributed by atoms with Crippen LogP contribution < -0.4 is 11.1 Å². The van der Waals surface area contributed by atoms with Gasteiger partial charge in [-0.05, 0) is 12.0 Å². The predicted molar refractivity (Wildman–Crippen MR) is 79.2 cm³/mol. The van der Waals surface area contributed by atoms with Crippen LogP contribution >= 0.6 is 12.4 Å². The first-order valence-electron chi connectivity index (χ1n) is 6.53. The molecule has 0 saturated carbocycles. The normalized spacial score (nSPS) is 18.9. The van der Waals surface area contributed by atoms with Crippen LogP contribution in [0, 0.1) is 0 Å². The number of hydrogen-bond acceptors (Lipinski definition) is 3. The molecular formula is C14H22ClN3O. The van der Waals surface area contributed by atoms with E-state index in [0.29, 0.717) is 13.0 Å². The Hall–Kier alpha value is -1.10. The van der Waals surface area contributed by atoms with E-state index in [2.05, 4.69) is 34.5 Å². The Bertz CT molecular complexity index is 386. The first-order valence-corrected chi connectivity index (χ1v) is 6.53. The minimum absolute atomic E-state index is 0. The van der Waals surface area contributed by atoms with Crippen molar-refractivity contribution < 1.29 is 4.79 Å². The van der Waals surface area contributed by atoms with Crippen molar-refractivity contribution in [3.63, 3.8) is 0 Å². The quantitative estimate of drug-likeness (QED) is 0.852. The molecule has 0 aliphatic carbocycles. The molecule has 2 rings (SSSR count). The zero-order chi connectivity index (χ0) is 12.8. The lowest BCUT2D eigenvalue weighted by Gasteiger charge is -2.16. The van der Waals surface area contributed by atoms with Crippen LogP contribution in [-0.4, -0.2) is 36.5 Å². The van der Waals surface area contributed by atoms with Crippen molar-refractivity contribution in [2.24, 2.45) is 5.73 Å². The molecule has 1 saturated heterocycles. The van der Waals surface area contributed by atoms with E-state index in [1.54, 1.807) is 0 Å². The summed E-state index contributed by atoms with van der Waals surface area (Å²) in [7, 11) is 0. The maximum absolute atomic E-state index is 11.5. The number of carbonyl (C=O) groups excluding carboxylic acids is 1. The van der Waals surface area contributed by atoms with Gasteiger partial charge in [-0.1, -0.05) is 30.3 Å². The Morgan fingerprint density at radius 3 is 2.79 bits per heavy atom. The van der Waals surface area contributed by atoms with Crippen molar-refractivity contribution >= 4 is 18.3 Å². The number of carbonyl (C=O) groups is 1. The second-order valence-electron chi connectivity index (χ2n) is 4.81. The van der Waals surface area contributed by atoms with Crippen LogP contribution in [-0.2, 0) is 11.3 Å². The third kappa shape index (κ3) is 5.19. The fourth-order valence-electron chi connectivity index (χ4n) is 2.37. The summed E-state index contributed by atoms with van der Waals surface area (Å²) in [6, 6.07) is 10.7. The molecule has 106 valence electrons. The molecular weight excluding hydrogens is 262 g/mol. The van der Waals surface area contributed by atoms with Gasteiger partial charge in [0.25, 0.3) is 0 Å². The molecule has 0 spiro atoms. The fraction of sp³-hybridized carbons (Fsp3) is 0.500. The summed E-state index contributed by atoms with van der Waals surface area (Å²) in [5.74, 6) is 0.0732. The molecule has 0 aromatic heterocycles. The van der Waals surface area contributed by atoms with Crippen molar-refractivity contribution in [2.45, 2.75) is 25.4 Å². The van der Waals surface area contributed by atoms with Crippen LogP contribution in [0.2, 0.25) is 0 Å². The number of hydrogen-bond donors (Lipinski definition) is 2. The van der Waals surface area contributed by atoms with Gasteiger partial charge in [0.1, 0.15) is 0 Å². The Kier molecular flexibility index (Phi) is 6.84. The molecule has 1 aromatic carbocycles. The van der Waals surface area contributed by atoms with Gasteiger partial charge in [-0.15, -0.1) is 12.4 Å². The Morgan fingerprint density at radius 1 is 1.37 bits per heavy atom. The molecule has 1 atom stereocenters. The number of amides is 1. The molecule has 0 bridgehead atoms. The van der Waals surface area contributed by atoms with Gasteiger partial charge in [0.15, 0.2) is 0 Å². The molecule has 1 aliphatic rings. The van der Waals surface area contributed by atoms with E-state index in [1.165, 1.54) is 5.56 Å². The highest BCUT2D eigenvalue weighted by molar-refractivity contribution is 5.85. The number of nitrogens with one attached hydrogen (secondary N) is 1. The monoisotopic (exact) mass is 283 g/mol. The lowest BCUT2D eigenvalue weighted by Crippen LogP contribution is -2.37. The molecule has 1 amide bonds. The molecule has 0 radical (unpaired) electrons. The van der Waals surface area contributed by atoms with E-state index in [1.807, 2.05) is 6.07 Å². The lowest BCUT2D eigenvalue weighted by atomic mass is 10.2. The number of benzene rings is 1. The topological polar surface area (TPSA) is 58.4 Å². The van der Waals surface area contributed by atoms with Gasteiger partial charge in [-0.25, -0.2) is 0 Å². The van der Waals surface area contributed by atoms with E-state index < -0.39 is 0 Å². The van der Waals surface area contributed by atoms with E-state index in [4.69, 9.17) is 5.73 Å². The van der Waals surface area contributed by atoms with Gasteiger partial charge in [0.2, 0.25) is 5.91 Å². The van der Waals surface area contributed by atoms with E-state index in [9.17, 15) is 4.79 Å². The molecule has 1 fully saturated rings. The third-order valence-electron chi connectivity index (χ3n) is 3.26. The van der Waals surface area contributed by atoms with Gasteiger partial charge in [-0.3, -0.25) is 9.69 Å². The van der Waals surface area contributed by atoms with Gasteiger partial charge >= 0.3 is 0 Å².